The fourth-order valence-corrected chi connectivity index (χ4v) is 2.79. The summed E-state index contributed by atoms with van der Waals surface area (Å²) < 4.78 is 13.8. The number of aliphatic carboxylic acids is 1. The molecule has 0 heterocycles. The molecule has 3 heteroatoms. The van der Waals surface area contributed by atoms with E-state index in [1.54, 1.807) is 19.1 Å². The Morgan fingerprint density at radius 3 is 2.50 bits per heavy atom. The molecule has 1 aliphatic carbocycles. The number of hydrogen-bond donors (Lipinski definition) is 1. The smallest absolute Gasteiger partial charge is 0.314 e. The van der Waals surface area contributed by atoms with Gasteiger partial charge in [0.2, 0.25) is 0 Å². The molecule has 1 fully saturated rings. The molecule has 2 nitrogen and oxygen atoms in total. The molecule has 0 unspecified atom stereocenters. The first-order valence-corrected chi connectivity index (χ1v) is 5.57. The Morgan fingerprint density at radius 1 is 1.38 bits per heavy atom. The number of hydrogen-bond acceptors (Lipinski definition) is 1. The van der Waals surface area contributed by atoms with Crippen molar-refractivity contribution in [1.82, 2.24) is 0 Å². The van der Waals surface area contributed by atoms with Gasteiger partial charge in [-0.25, -0.2) is 4.39 Å². The Balaban J connectivity index is 2.60. The second-order valence-corrected chi connectivity index (χ2v) is 4.53. The molecule has 1 saturated carbocycles. The Hall–Kier alpha value is -1.38. The summed E-state index contributed by atoms with van der Waals surface area (Å²) in [4.78, 5) is 11.5. The zero-order chi connectivity index (χ0) is 11.8. The predicted octanol–water partition coefficient (Wildman–Crippen LogP) is 3.03. The summed E-state index contributed by atoms with van der Waals surface area (Å²) >= 11 is 0. The lowest BCUT2D eigenvalue weighted by atomic mass is 9.76. The van der Waals surface area contributed by atoms with Crippen LogP contribution in [-0.4, -0.2) is 11.1 Å². The van der Waals surface area contributed by atoms with E-state index in [2.05, 4.69) is 0 Å². The Morgan fingerprint density at radius 2 is 2.00 bits per heavy atom. The van der Waals surface area contributed by atoms with Gasteiger partial charge >= 0.3 is 5.97 Å². The first kappa shape index (κ1) is 11.1. The van der Waals surface area contributed by atoms with Crippen LogP contribution in [0.3, 0.4) is 0 Å². The third-order valence-electron chi connectivity index (χ3n) is 3.57. The number of rotatable bonds is 2. The highest BCUT2D eigenvalue weighted by molar-refractivity contribution is 5.82. The van der Waals surface area contributed by atoms with Gasteiger partial charge in [-0.2, -0.15) is 0 Å². The zero-order valence-electron chi connectivity index (χ0n) is 9.29. The minimum Gasteiger partial charge on any atom is -0.481 e. The third-order valence-corrected chi connectivity index (χ3v) is 3.57. The number of halogens is 1. The predicted molar refractivity (Wildman–Crippen MR) is 58.9 cm³/mol. The van der Waals surface area contributed by atoms with Crippen molar-refractivity contribution in [3.05, 3.63) is 35.1 Å². The molecule has 1 aromatic carbocycles. The van der Waals surface area contributed by atoms with Crippen LogP contribution >= 0.6 is 0 Å². The molecule has 1 N–H and O–H groups in total. The summed E-state index contributed by atoms with van der Waals surface area (Å²) in [6.45, 7) is 1.78. The van der Waals surface area contributed by atoms with Crippen molar-refractivity contribution in [2.24, 2.45) is 0 Å². The van der Waals surface area contributed by atoms with Crippen LogP contribution in [0.5, 0.6) is 0 Å². The molecule has 2 rings (SSSR count). The van der Waals surface area contributed by atoms with Crippen molar-refractivity contribution < 1.29 is 14.3 Å². The van der Waals surface area contributed by atoms with Gasteiger partial charge in [0.1, 0.15) is 5.82 Å². The van der Waals surface area contributed by atoms with Crippen LogP contribution in [0.1, 0.15) is 36.8 Å². The van der Waals surface area contributed by atoms with E-state index in [9.17, 15) is 14.3 Å². The molecule has 0 spiro atoms. The molecular formula is C13H15FO2. The van der Waals surface area contributed by atoms with E-state index in [0.717, 1.165) is 18.4 Å². The largest absolute Gasteiger partial charge is 0.481 e. The highest BCUT2D eigenvalue weighted by Gasteiger charge is 2.45. The van der Waals surface area contributed by atoms with Crippen molar-refractivity contribution in [3.63, 3.8) is 0 Å². The number of carboxylic acid groups (broad SMARTS) is 1. The molecular weight excluding hydrogens is 207 g/mol. The van der Waals surface area contributed by atoms with Crippen LogP contribution in [0.25, 0.3) is 0 Å². The molecule has 1 aliphatic rings. The molecule has 0 atom stereocenters. The highest BCUT2D eigenvalue weighted by Crippen LogP contribution is 2.43. The summed E-state index contributed by atoms with van der Waals surface area (Å²) in [5, 5.41) is 9.40. The van der Waals surface area contributed by atoms with E-state index in [0.29, 0.717) is 18.4 Å². The fraction of sp³-hybridized carbons (Fsp3) is 0.462. The van der Waals surface area contributed by atoms with E-state index in [1.165, 1.54) is 6.07 Å². The summed E-state index contributed by atoms with van der Waals surface area (Å²) in [7, 11) is 0. The van der Waals surface area contributed by atoms with Crippen LogP contribution in [0.15, 0.2) is 18.2 Å². The van der Waals surface area contributed by atoms with Crippen LogP contribution in [0, 0.1) is 12.7 Å². The Labute approximate surface area is 94.1 Å². The van der Waals surface area contributed by atoms with Gasteiger partial charge in [0, 0.05) is 5.56 Å². The Kier molecular flexibility index (Phi) is 2.70. The first-order chi connectivity index (χ1) is 7.58. The molecule has 86 valence electrons. The fourth-order valence-electron chi connectivity index (χ4n) is 2.79. The number of benzene rings is 1. The van der Waals surface area contributed by atoms with Crippen molar-refractivity contribution in [1.29, 1.82) is 0 Å². The summed E-state index contributed by atoms with van der Waals surface area (Å²) in [6, 6.07) is 4.76. The summed E-state index contributed by atoms with van der Waals surface area (Å²) in [5.41, 5.74) is 0.138. The van der Waals surface area contributed by atoms with Crippen LogP contribution in [0.2, 0.25) is 0 Å². The molecule has 1 aromatic rings. The number of aryl methyl sites for hydroxylation is 1. The average Bonchev–Trinajstić information content (AvgIpc) is 2.67. The molecule has 0 radical (unpaired) electrons. The van der Waals surface area contributed by atoms with Gasteiger partial charge in [-0.15, -0.1) is 0 Å². The van der Waals surface area contributed by atoms with E-state index in [1.807, 2.05) is 0 Å². The van der Waals surface area contributed by atoms with Crippen molar-refractivity contribution in [2.45, 2.75) is 38.0 Å². The SMILES string of the molecule is Cc1cccc(F)c1C1(C(=O)O)CCCC1. The van der Waals surface area contributed by atoms with Crippen LogP contribution in [-0.2, 0) is 10.2 Å². The van der Waals surface area contributed by atoms with E-state index < -0.39 is 11.4 Å². The van der Waals surface area contributed by atoms with Gasteiger partial charge in [-0.3, -0.25) is 4.79 Å². The van der Waals surface area contributed by atoms with Crippen molar-refractivity contribution >= 4 is 5.97 Å². The maximum Gasteiger partial charge on any atom is 0.314 e. The normalized spacial score (nSPS) is 18.6. The van der Waals surface area contributed by atoms with Crippen molar-refractivity contribution in [3.8, 4) is 0 Å². The topological polar surface area (TPSA) is 37.3 Å². The lowest BCUT2D eigenvalue weighted by molar-refractivity contribution is -0.143. The lowest BCUT2D eigenvalue weighted by Crippen LogP contribution is -2.34. The second kappa shape index (κ2) is 3.89. The van der Waals surface area contributed by atoms with E-state index in [-0.39, 0.29) is 5.82 Å². The third kappa shape index (κ3) is 1.51. The minimum absolute atomic E-state index is 0.385. The van der Waals surface area contributed by atoms with Crippen LogP contribution in [0.4, 0.5) is 4.39 Å². The molecule has 0 aromatic heterocycles. The molecule has 16 heavy (non-hydrogen) atoms. The van der Waals surface area contributed by atoms with Gasteiger partial charge < -0.3 is 5.11 Å². The average molecular weight is 222 g/mol. The highest BCUT2D eigenvalue weighted by atomic mass is 19.1. The molecule has 0 bridgehead atoms. The van der Waals surface area contributed by atoms with Gasteiger partial charge in [-0.1, -0.05) is 25.0 Å². The van der Waals surface area contributed by atoms with E-state index >= 15 is 0 Å². The number of carbonyl (C=O) groups is 1. The van der Waals surface area contributed by atoms with Gasteiger partial charge in [0.05, 0.1) is 5.41 Å². The van der Waals surface area contributed by atoms with Gasteiger partial charge in [0.15, 0.2) is 0 Å². The van der Waals surface area contributed by atoms with Crippen LogP contribution < -0.4 is 0 Å². The molecule has 0 saturated heterocycles. The standard InChI is InChI=1S/C13H15FO2/c1-9-5-4-6-10(14)11(9)13(12(15)16)7-2-3-8-13/h4-6H,2-3,7-8H2,1H3,(H,15,16). The number of carboxylic acids is 1. The quantitative estimate of drug-likeness (QED) is 0.835. The zero-order valence-corrected chi connectivity index (χ0v) is 9.29. The van der Waals surface area contributed by atoms with Gasteiger partial charge in [0.25, 0.3) is 0 Å². The second-order valence-electron chi connectivity index (χ2n) is 4.53. The Bertz CT molecular complexity index is 400. The molecule has 0 aliphatic heterocycles. The van der Waals surface area contributed by atoms with Crippen molar-refractivity contribution in [2.75, 3.05) is 0 Å². The van der Waals surface area contributed by atoms with E-state index in [4.69, 9.17) is 0 Å². The summed E-state index contributed by atoms with van der Waals surface area (Å²) in [6.07, 6.45) is 2.81. The summed E-state index contributed by atoms with van der Waals surface area (Å²) in [5.74, 6) is -1.28. The first-order valence-electron chi connectivity index (χ1n) is 5.57. The minimum atomic E-state index is -0.991. The lowest BCUT2D eigenvalue weighted by Gasteiger charge is -2.26. The monoisotopic (exact) mass is 222 g/mol. The maximum atomic E-state index is 13.8. The van der Waals surface area contributed by atoms with Gasteiger partial charge in [-0.05, 0) is 31.4 Å². The molecule has 0 amide bonds. The maximum absolute atomic E-state index is 13.8.